The highest BCUT2D eigenvalue weighted by atomic mass is 32.2. The molecule has 0 fully saturated rings. The average Bonchev–Trinajstić information content (AvgIpc) is 3.35. The largest absolute Gasteiger partial charge is 0.353 e. The minimum absolute atomic E-state index is 0.0294. The molecule has 73 heavy (non-hydrogen) atoms. The first-order valence-corrected chi connectivity index (χ1v) is 24.9. The van der Waals surface area contributed by atoms with Crippen LogP contribution in [-0.4, -0.2) is 99.5 Å². The third-order valence-corrected chi connectivity index (χ3v) is 12.3. The van der Waals surface area contributed by atoms with Gasteiger partial charge in [0, 0.05) is 65.8 Å². The van der Waals surface area contributed by atoms with Crippen LogP contribution < -0.4 is 36.4 Å². The molecule has 17 nitrogen and oxygen atoms in total. The predicted octanol–water partition coefficient (Wildman–Crippen LogP) is 8.17. The average molecular weight is 1020 g/mol. The van der Waals surface area contributed by atoms with Crippen molar-refractivity contribution in [3.05, 3.63) is 129 Å². The van der Waals surface area contributed by atoms with Crippen LogP contribution >= 0.6 is 0 Å². The lowest BCUT2D eigenvalue weighted by atomic mass is 9.97. The molecule has 0 spiro atoms. The number of hydrogen-bond donors (Lipinski definition) is 5. The van der Waals surface area contributed by atoms with E-state index in [1.807, 2.05) is 52.8 Å². The number of fused-ring (bicyclic) bond motifs is 2. The number of aryl methyl sites for hydroxylation is 2. The van der Waals surface area contributed by atoms with E-state index in [1.165, 1.54) is 18.4 Å². The SMILES string of the molecule is CCCNC(=O)c1ccc(C)c(-c2nc(NCCN(C)C)nc3c2CNC(=O)N3c2c(F)cccc2F)c1.CCCNC(=O)c1ccc(C)c(-c2nc(S(C)=O)nc3c2CNC(=O)N3c2c(F)cccc2F)c1. The zero-order valence-corrected chi connectivity index (χ0v) is 42.0. The molecular formula is C51H54F4N12O5S. The Labute approximate surface area is 421 Å². The number of likely N-dealkylation sites (N-methyl/N-ethyl adjacent to an activating group) is 1. The first-order valence-electron chi connectivity index (χ1n) is 23.3. The number of urea groups is 2. The van der Waals surface area contributed by atoms with Crippen LogP contribution in [0.5, 0.6) is 0 Å². The van der Waals surface area contributed by atoms with Gasteiger partial charge in [-0.05, 0) is 100 Å². The number of nitrogens with one attached hydrogen (secondary N) is 5. The fourth-order valence-electron chi connectivity index (χ4n) is 7.88. The standard InChI is InChI=1S/C27H31F2N7O2.C24H23F2N5O3S/c1-5-11-30-25(37)17-10-9-16(2)18(14-17)22-19-15-32-27(38)36(23-20(28)7-6-8-21(23)29)24(19)34-26(33-22)31-12-13-35(3)4;1-4-10-27-22(32)14-9-8-13(2)15(11-14)19-16-12-28-24(33)31(20-17(25)6-5-7-18(20)26)21(16)30-23(29-19)35(3)34/h6-10,14H,5,11-13,15H2,1-4H3,(H,30,37)(H,32,38)(H,31,33,34);5-9,11H,4,10,12H2,1-3H3,(H,27,32)(H,28,33). The van der Waals surface area contributed by atoms with Crippen molar-refractivity contribution in [3.63, 3.8) is 0 Å². The van der Waals surface area contributed by atoms with E-state index in [0.717, 1.165) is 58.0 Å². The molecule has 2 aliphatic heterocycles. The number of aromatic nitrogens is 4. The first kappa shape index (κ1) is 53.0. The van der Waals surface area contributed by atoms with Crippen molar-refractivity contribution in [2.75, 3.05) is 61.6 Å². The van der Waals surface area contributed by atoms with Crippen LogP contribution in [0.1, 0.15) is 69.7 Å². The summed E-state index contributed by atoms with van der Waals surface area (Å²) in [6, 6.07) is 15.5. The highest BCUT2D eigenvalue weighted by Crippen LogP contribution is 2.41. The topological polar surface area (TPSA) is 207 Å². The molecule has 382 valence electrons. The summed E-state index contributed by atoms with van der Waals surface area (Å²) in [6.07, 6.45) is 2.94. The quantitative estimate of drug-likeness (QED) is 0.0490. The van der Waals surface area contributed by atoms with Crippen molar-refractivity contribution < 1.29 is 40.9 Å². The van der Waals surface area contributed by atoms with E-state index in [-0.39, 0.29) is 47.6 Å². The second-order valence-electron chi connectivity index (χ2n) is 17.2. The van der Waals surface area contributed by atoms with Crippen molar-refractivity contribution in [2.45, 2.75) is 58.8 Å². The smallest absolute Gasteiger partial charge is 0.328 e. The molecule has 0 aliphatic carbocycles. The number of para-hydroxylation sites is 2. The fraction of sp³-hybridized carbons (Fsp3) is 0.294. The minimum Gasteiger partial charge on any atom is -0.353 e. The van der Waals surface area contributed by atoms with Crippen LogP contribution in [-0.2, 0) is 23.9 Å². The zero-order valence-electron chi connectivity index (χ0n) is 41.2. The summed E-state index contributed by atoms with van der Waals surface area (Å²) in [5.74, 6) is -4.03. The van der Waals surface area contributed by atoms with Gasteiger partial charge in [0.1, 0.15) is 34.6 Å². The highest BCUT2D eigenvalue weighted by Gasteiger charge is 2.36. The number of amides is 6. The molecule has 1 atom stereocenters. The van der Waals surface area contributed by atoms with E-state index in [9.17, 15) is 40.9 Å². The van der Waals surface area contributed by atoms with E-state index in [1.54, 1.807) is 30.3 Å². The monoisotopic (exact) mass is 1020 g/mol. The van der Waals surface area contributed by atoms with Crippen molar-refractivity contribution in [1.29, 1.82) is 0 Å². The molecular weight excluding hydrogens is 969 g/mol. The fourth-order valence-corrected chi connectivity index (χ4v) is 8.32. The molecule has 0 saturated carbocycles. The summed E-state index contributed by atoms with van der Waals surface area (Å²) >= 11 is 0. The second-order valence-corrected chi connectivity index (χ2v) is 18.5. The van der Waals surface area contributed by atoms with Crippen LogP contribution in [0.2, 0.25) is 0 Å². The van der Waals surface area contributed by atoms with E-state index in [0.29, 0.717) is 70.9 Å². The van der Waals surface area contributed by atoms with Gasteiger partial charge in [0.2, 0.25) is 11.1 Å². The van der Waals surface area contributed by atoms with Gasteiger partial charge >= 0.3 is 12.1 Å². The Bertz CT molecular complexity index is 3100. The Balaban J connectivity index is 0.000000214. The predicted molar refractivity (Wildman–Crippen MR) is 270 cm³/mol. The second kappa shape index (κ2) is 23.1. The molecule has 5 N–H and O–H groups in total. The van der Waals surface area contributed by atoms with E-state index < -0.39 is 57.5 Å². The molecule has 0 saturated heterocycles. The van der Waals surface area contributed by atoms with Gasteiger partial charge in [-0.1, -0.05) is 38.1 Å². The van der Waals surface area contributed by atoms with Crippen LogP contribution in [0.25, 0.3) is 22.5 Å². The number of anilines is 5. The molecule has 6 aromatic rings. The number of benzene rings is 4. The molecule has 22 heteroatoms. The summed E-state index contributed by atoms with van der Waals surface area (Å²) < 4.78 is 71.5. The third-order valence-electron chi connectivity index (χ3n) is 11.6. The van der Waals surface area contributed by atoms with Crippen LogP contribution in [0, 0.1) is 37.1 Å². The molecule has 4 heterocycles. The normalized spacial score (nSPS) is 13.3. The number of hydrogen-bond acceptors (Lipinski definition) is 11. The molecule has 8 rings (SSSR count). The lowest BCUT2D eigenvalue weighted by molar-refractivity contribution is 0.0945. The summed E-state index contributed by atoms with van der Waals surface area (Å²) in [4.78, 5) is 72.7. The van der Waals surface area contributed by atoms with E-state index in [2.05, 4.69) is 41.5 Å². The molecule has 2 aromatic heterocycles. The Kier molecular flexibility index (Phi) is 16.8. The van der Waals surface area contributed by atoms with Gasteiger partial charge in [0.25, 0.3) is 11.8 Å². The Morgan fingerprint density at radius 1 is 0.658 bits per heavy atom. The molecule has 2 aliphatic rings. The van der Waals surface area contributed by atoms with Gasteiger partial charge in [-0.3, -0.25) is 13.8 Å². The van der Waals surface area contributed by atoms with Crippen LogP contribution in [0.3, 0.4) is 0 Å². The van der Waals surface area contributed by atoms with E-state index >= 15 is 0 Å². The maximum atomic E-state index is 14.9. The summed E-state index contributed by atoms with van der Waals surface area (Å²) in [5, 5.41) is 14.0. The number of halogens is 4. The molecule has 1 unspecified atom stereocenters. The zero-order chi connectivity index (χ0) is 52.7. The third kappa shape index (κ3) is 11.6. The minimum atomic E-state index is -1.68. The Hall–Kier alpha value is -7.85. The van der Waals surface area contributed by atoms with Crippen molar-refractivity contribution >= 4 is 63.6 Å². The van der Waals surface area contributed by atoms with Gasteiger partial charge in [-0.15, -0.1) is 0 Å². The van der Waals surface area contributed by atoms with Gasteiger partial charge in [0.05, 0.1) is 35.3 Å². The molecule has 0 bridgehead atoms. The molecule has 0 radical (unpaired) electrons. The van der Waals surface area contributed by atoms with Crippen LogP contribution in [0.4, 0.5) is 56.1 Å². The van der Waals surface area contributed by atoms with Gasteiger partial charge < -0.3 is 31.5 Å². The van der Waals surface area contributed by atoms with Crippen molar-refractivity contribution in [2.24, 2.45) is 0 Å². The van der Waals surface area contributed by atoms with Crippen LogP contribution in [0.15, 0.2) is 78.0 Å². The number of carbonyl (C=O) groups excluding carboxylic acids is 4. The first-order chi connectivity index (χ1) is 34.9. The Morgan fingerprint density at radius 3 is 1.52 bits per heavy atom. The van der Waals surface area contributed by atoms with Crippen molar-refractivity contribution in [3.8, 4) is 22.5 Å². The maximum Gasteiger partial charge on any atom is 0.328 e. The van der Waals surface area contributed by atoms with E-state index in [4.69, 9.17) is 4.98 Å². The van der Waals surface area contributed by atoms with Gasteiger partial charge in [-0.25, -0.2) is 51.9 Å². The lowest BCUT2D eigenvalue weighted by Crippen LogP contribution is -2.43. The van der Waals surface area contributed by atoms with Gasteiger partial charge in [-0.2, -0.15) is 4.98 Å². The maximum absolute atomic E-state index is 14.9. The molecule has 6 amide bonds. The van der Waals surface area contributed by atoms with Crippen molar-refractivity contribution in [1.82, 2.24) is 46.1 Å². The number of carbonyl (C=O) groups is 4. The Morgan fingerprint density at radius 2 is 1.10 bits per heavy atom. The number of rotatable bonds is 15. The summed E-state index contributed by atoms with van der Waals surface area (Å²) in [5.41, 5.74) is 4.09. The summed E-state index contributed by atoms with van der Waals surface area (Å²) in [6.45, 7) is 9.84. The summed E-state index contributed by atoms with van der Waals surface area (Å²) in [7, 11) is 2.17. The lowest BCUT2D eigenvalue weighted by Gasteiger charge is -2.31. The highest BCUT2D eigenvalue weighted by molar-refractivity contribution is 7.84. The number of nitrogens with zero attached hydrogens (tertiary/aromatic N) is 7. The van der Waals surface area contributed by atoms with Gasteiger partial charge in [0.15, 0.2) is 11.6 Å². The molecule has 4 aromatic carbocycles.